The Hall–Kier alpha value is -2.13. The predicted octanol–water partition coefficient (Wildman–Crippen LogP) is 3.29. The van der Waals surface area contributed by atoms with Crippen molar-refractivity contribution in [1.82, 2.24) is 10.6 Å². The van der Waals surface area contributed by atoms with Crippen LogP contribution in [0.2, 0.25) is 0 Å². The maximum Gasteiger partial charge on any atom is 0.234 e. The number of hydrogen-bond donors (Lipinski definition) is 2. The van der Waals surface area contributed by atoms with Crippen molar-refractivity contribution < 1.29 is 4.79 Å². The number of amides is 1. The summed E-state index contributed by atoms with van der Waals surface area (Å²) in [4.78, 5) is 12.0. The zero-order valence-electron chi connectivity index (χ0n) is 13.3. The molecule has 0 aromatic heterocycles. The van der Waals surface area contributed by atoms with Crippen molar-refractivity contribution in [3.63, 3.8) is 0 Å². The van der Waals surface area contributed by atoms with Gasteiger partial charge in [0.15, 0.2) is 0 Å². The Bertz CT molecular complexity index is 567. The molecule has 0 saturated heterocycles. The highest BCUT2D eigenvalue weighted by atomic mass is 16.1. The van der Waals surface area contributed by atoms with Gasteiger partial charge in [-0.1, -0.05) is 74.5 Å². The second-order valence-corrected chi connectivity index (χ2v) is 5.78. The van der Waals surface area contributed by atoms with Gasteiger partial charge in [-0.15, -0.1) is 0 Å². The molecule has 2 rings (SSSR count). The monoisotopic (exact) mass is 296 g/mol. The highest BCUT2D eigenvalue weighted by molar-refractivity contribution is 5.78. The molecule has 116 valence electrons. The molecule has 1 amide bonds. The number of benzene rings is 2. The molecular weight excluding hydrogens is 272 g/mol. The van der Waals surface area contributed by atoms with Gasteiger partial charge in [-0.3, -0.25) is 4.79 Å². The smallest absolute Gasteiger partial charge is 0.234 e. The topological polar surface area (TPSA) is 41.1 Å². The standard InChI is InChI=1S/C19H24N2O/c1-15(2)19(17-11-7-4-8-12-17)21-14-18(22)20-13-16-9-5-3-6-10-16/h3-12,15,19,21H,13-14H2,1-2H3,(H,20,22)/t19-/m1/s1. The molecule has 0 saturated carbocycles. The van der Waals surface area contributed by atoms with Crippen LogP contribution in [0, 0.1) is 5.92 Å². The van der Waals surface area contributed by atoms with Gasteiger partial charge in [0.05, 0.1) is 6.54 Å². The zero-order chi connectivity index (χ0) is 15.8. The van der Waals surface area contributed by atoms with Gasteiger partial charge in [-0.2, -0.15) is 0 Å². The molecule has 0 aliphatic rings. The molecular formula is C19H24N2O. The third-order valence-corrected chi connectivity index (χ3v) is 3.64. The molecule has 2 aromatic rings. The number of carbonyl (C=O) groups excluding carboxylic acids is 1. The summed E-state index contributed by atoms with van der Waals surface area (Å²) >= 11 is 0. The van der Waals surface area contributed by atoms with Crippen LogP contribution in [0.5, 0.6) is 0 Å². The van der Waals surface area contributed by atoms with E-state index in [0.717, 1.165) is 5.56 Å². The van der Waals surface area contributed by atoms with Crippen LogP contribution >= 0.6 is 0 Å². The van der Waals surface area contributed by atoms with Gasteiger partial charge in [0.25, 0.3) is 0 Å². The molecule has 0 radical (unpaired) electrons. The molecule has 2 aromatic carbocycles. The second kappa shape index (κ2) is 8.35. The average Bonchev–Trinajstić information content (AvgIpc) is 2.55. The van der Waals surface area contributed by atoms with Crippen molar-refractivity contribution in [2.45, 2.75) is 26.4 Å². The zero-order valence-corrected chi connectivity index (χ0v) is 13.3. The summed E-state index contributed by atoms with van der Waals surface area (Å²) in [5, 5.41) is 6.30. The summed E-state index contributed by atoms with van der Waals surface area (Å²) < 4.78 is 0. The lowest BCUT2D eigenvalue weighted by Crippen LogP contribution is -2.37. The van der Waals surface area contributed by atoms with Crippen LogP contribution in [0.3, 0.4) is 0 Å². The van der Waals surface area contributed by atoms with Crippen LogP contribution in [0.25, 0.3) is 0 Å². The summed E-state index contributed by atoms with van der Waals surface area (Å²) in [6, 6.07) is 20.4. The average molecular weight is 296 g/mol. The minimum absolute atomic E-state index is 0.0189. The summed E-state index contributed by atoms with van der Waals surface area (Å²) in [5.74, 6) is 0.440. The van der Waals surface area contributed by atoms with E-state index < -0.39 is 0 Å². The molecule has 0 bridgehead atoms. The minimum atomic E-state index is 0.0189. The van der Waals surface area contributed by atoms with Crippen molar-refractivity contribution in [2.75, 3.05) is 6.54 Å². The highest BCUT2D eigenvalue weighted by Gasteiger charge is 2.15. The summed E-state index contributed by atoms with van der Waals surface area (Å²) in [5.41, 5.74) is 2.33. The van der Waals surface area contributed by atoms with E-state index in [4.69, 9.17) is 0 Å². The van der Waals surface area contributed by atoms with Crippen molar-refractivity contribution in [3.05, 3.63) is 71.8 Å². The fraction of sp³-hybridized carbons (Fsp3) is 0.316. The van der Waals surface area contributed by atoms with E-state index in [-0.39, 0.29) is 11.9 Å². The van der Waals surface area contributed by atoms with Crippen LogP contribution < -0.4 is 10.6 Å². The Kier molecular flexibility index (Phi) is 6.16. The third kappa shape index (κ3) is 5.01. The fourth-order valence-corrected chi connectivity index (χ4v) is 2.46. The maximum absolute atomic E-state index is 12.0. The normalized spacial score (nSPS) is 12.1. The van der Waals surface area contributed by atoms with E-state index in [1.807, 2.05) is 48.5 Å². The van der Waals surface area contributed by atoms with Crippen LogP contribution in [0.15, 0.2) is 60.7 Å². The number of rotatable bonds is 7. The Morgan fingerprint density at radius 1 is 0.955 bits per heavy atom. The fourth-order valence-electron chi connectivity index (χ4n) is 2.46. The first kappa shape index (κ1) is 16.2. The van der Waals surface area contributed by atoms with Gasteiger partial charge in [-0.05, 0) is 17.0 Å². The number of carbonyl (C=O) groups is 1. The number of hydrogen-bond acceptors (Lipinski definition) is 2. The number of nitrogens with one attached hydrogen (secondary N) is 2. The lowest BCUT2D eigenvalue weighted by atomic mass is 9.96. The minimum Gasteiger partial charge on any atom is -0.351 e. The van der Waals surface area contributed by atoms with Crippen LogP contribution in [0.4, 0.5) is 0 Å². The Labute approximate surface area is 132 Å². The Morgan fingerprint density at radius 2 is 1.55 bits per heavy atom. The van der Waals surface area contributed by atoms with Gasteiger partial charge in [0.1, 0.15) is 0 Å². The predicted molar refractivity (Wildman–Crippen MR) is 90.3 cm³/mol. The molecule has 3 nitrogen and oxygen atoms in total. The van der Waals surface area contributed by atoms with Crippen molar-refractivity contribution >= 4 is 5.91 Å². The van der Waals surface area contributed by atoms with Crippen molar-refractivity contribution in [2.24, 2.45) is 5.92 Å². The van der Waals surface area contributed by atoms with Crippen LogP contribution in [-0.2, 0) is 11.3 Å². The highest BCUT2D eigenvalue weighted by Crippen LogP contribution is 2.20. The van der Waals surface area contributed by atoms with E-state index in [0.29, 0.717) is 19.0 Å². The van der Waals surface area contributed by atoms with Gasteiger partial charge >= 0.3 is 0 Å². The lowest BCUT2D eigenvalue weighted by Gasteiger charge is -2.22. The molecule has 0 aliphatic heterocycles. The first-order chi connectivity index (χ1) is 10.7. The summed E-state index contributed by atoms with van der Waals surface area (Å²) in [6.07, 6.45) is 0. The molecule has 0 spiro atoms. The summed E-state index contributed by atoms with van der Waals surface area (Å²) in [7, 11) is 0. The summed E-state index contributed by atoms with van der Waals surface area (Å²) in [6.45, 7) is 5.21. The van der Waals surface area contributed by atoms with E-state index >= 15 is 0 Å². The Morgan fingerprint density at radius 3 is 2.14 bits per heavy atom. The molecule has 0 heterocycles. The van der Waals surface area contributed by atoms with Crippen LogP contribution in [0.1, 0.15) is 31.0 Å². The molecule has 2 N–H and O–H groups in total. The van der Waals surface area contributed by atoms with E-state index in [1.54, 1.807) is 0 Å². The molecule has 3 heteroatoms. The first-order valence-electron chi connectivity index (χ1n) is 7.76. The maximum atomic E-state index is 12.0. The second-order valence-electron chi connectivity index (χ2n) is 5.78. The molecule has 0 aliphatic carbocycles. The first-order valence-corrected chi connectivity index (χ1v) is 7.76. The van der Waals surface area contributed by atoms with Crippen LogP contribution in [-0.4, -0.2) is 12.5 Å². The molecule has 0 unspecified atom stereocenters. The van der Waals surface area contributed by atoms with E-state index in [2.05, 4.69) is 36.6 Å². The van der Waals surface area contributed by atoms with Crippen molar-refractivity contribution in [3.8, 4) is 0 Å². The van der Waals surface area contributed by atoms with Gasteiger partial charge in [0, 0.05) is 12.6 Å². The largest absolute Gasteiger partial charge is 0.351 e. The van der Waals surface area contributed by atoms with E-state index in [1.165, 1.54) is 5.56 Å². The third-order valence-electron chi connectivity index (χ3n) is 3.64. The van der Waals surface area contributed by atoms with Gasteiger partial charge in [0.2, 0.25) is 5.91 Å². The van der Waals surface area contributed by atoms with Gasteiger partial charge in [-0.25, -0.2) is 0 Å². The SMILES string of the molecule is CC(C)[C@@H](NCC(=O)NCc1ccccc1)c1ccccc1. The quantitative estimate of drug-likeness (QED) is 0.823. The Balaban J connectivity index is 1.83. The molecule has 0 fully saturated rings. The van der Waals surface area contributed by atoms with E-state index in [9.17, 15) is 4.79 Å². The van der Waals surface area contributed by atoms with Gasteiger partial charge < -0.3 is 10.6 Å². The molecule has 22 heavy (non-hydrogen) atoms. The molecule has 1 atom stereocenters. The van der Waals surface area contributed by atoms with Crippen molar-refractivity contribution in [1.29, 1.82) is 0 Å². The lowest BCUT2D eigenvalue weighted by molar-refractivity contribution is -0.120.